The molecule has 1 heterocycles. The maximum Gasteiger partial charge on any atom is 0.0631 e. The standard InChI is InChI=1S/C15H21NO/c1-5-16-10-11(2)13-8-12(6-7-14(13)16)9-15(3,4)17/h6-8,10,17H,5,9H2,1-4H3. The molecule has 2 heteroatoms. The number of hydrogen-bond donors (Lipinski definition) is 1. The molecule has 0 unspecified atom stereocenters. The van der Waals surface area contributed by atoms with E-state index in [1.165, 1.54) is 22.0 Å². The minimum absolute atomic E-state index is 0.644. The quantitative estimate of drug-likeness (QED) is 0.861. The highest BCUT2D eigenvalue weighted by Gasteiger charge is 2.14. The molecule has 1 aromatic carbocycles. The highest BCUT2D eigenvalue weighted by molar-refractivity contribution is 5.84. The molecule has 0 aliphatic rings. The van der Waals surface area contributed by atoms with Crippen LogP contribution in [0.5, 0.6) is 0 Å². The Morgan fingerprint density at radius 3 is 2.59 bits per heavy atom. The van der Waals surface area contributed by atoms with Crippen molar-refractivity contribution in [1.82, 2.24) is 4.57 Å². The van der Waals surface area contributed by atoms with Gasteiger partial charge in [0.05, 0.1) is 5.60 Å². The molecule has 0 saturated carbocycles. The first-order chi connectivity index (χ1) is 7.90. The summed E-state index contributed by atoms with van der Waals surface area (Å²) in [5.41, 5.74) is 3.14. The molecule has 1 aromatic heterocycles. The molecule has 92 valence electrons. The number of hydrogen-bond acceptors (Lipinski definition) is 1. The molecule has 2 rings (SSSR count). The Hall–Kier alpha value is -1.28. The predicted octanol–water partition coefficient (Wildman–Crippen LogP) is 3.28. The molecule has 0 spiro atoms. The van der Waals surface area contributed by atoms with Crippen LogP contribution in [-0.2, 0) is 13.0 Å². The fourth-order valence-electron chi connectivity index (χ4n) is 2.39. The van der Waals surface area contributed by atoms with Gasteiger partial charge in [-0.3, -0.25) is 0 Å². The Labute approximate surface area is 103 Å². The van der Waals surface area contributed by atoms with E-state index < -0.39 is 5.60 Å². The SMILES string of the molecule is CCn1cc(C)c2cc(CC(C)(C)O)ccc21. The molecule has 0 atom stereocenters. The molecular formula is C15H21NO. The molecule has 2 aromatic rings. The lowest BCUT2D eigenvalue weighted by molar-refractivity contribution is 0.0810. The molecule has 0 bridgehead atoms. The van der Waals surface area contributed by atoms with Crippen LogP contribution in [0, 0.1) is 6.92 Å². The van der Waals surface area contributed by atoms with Crippen molar-refractivity contribution in [3.63, 3.8) is 0 Å². The Bertz CT molecular complexity index is 532. The summed E-state index contributed by atoms with van der Waals surface area (Å²) in [6.45, 7) is 8.99. The summed E-state index contributed by atoms with van der Waals surface area (Å²) in [5.74, 6) is 0. The van der Waals surface area contributed by atoms with Crippen molar-refractivity contribution in [3.8, 4) is 0 Å². The van der Waals surface area contributed by atoms with E-state index in [0.717, 1.165) is 6.54 Å². The lowest BCUT2D eigenvalue weighted by atomic mass is 9.97. The largest absolute Gasteiger partial charge is 0.390 e. The molecule has 0 fully saturated rings. The fraction of sp³-hybridized carbons (Fsp3) is 0.467. The van der Waals surface area contributed by atoms with Gasteiger partial charge in [-0.05, 0) is 51.0 Å². The van der Waals surface area contributed by atoms with Gasteiger partial charge in [0.15, 0.2) is 0 Å². The van der Waals surface area contributed by atoms with Gasteiger partial charge < -0.3 is 9.67 Å². The van der Waals surface area contributed by atoms with E-state index in [2.05, 4.69) is 42.8 Å². The van der Waals surface area contributed by atoms with Crippen LogP contribution >= 0.6 is 0 Å². The summed E-state index contributed by atoms with van der Waals surface area (Å²) in [6.07, 6.45) is 2.89. The van der Waals surface area contributed by atoms with E-state index in [0.29, 0.717) is 6.42 Å². The molecule has 0 radical (unpaired) electrons. The predicted molar refractivity (Wildman–Crippen MR) is 72.4 cm³/mol. The van der Waals surface area contributed by atoms with E-state index >= 15 is 0 Å². The van der Waals surface area contributed by atoms with Crippen molar-refractivity contribution in [1.29, 1.82) is 0 Å². The third-order valence-corrected chi connectivity index (χ3v) is 3.12. The zero-order valence-electron chi connectivity index (χ0n) is 11.1. The second kappa shape index (κ2) is 4.19. The molecule has 2 nitrogen and oxygen atoms in total. The summed E-state index contributed by atoms with van der Waals surface area (Å²) >= 11 is 0. The van der Waals surface area contributed by atoms with Crippen LogP contribution in [0.25, 0.3) is 10.9 Å². The summed E-state index contributed by atoms with van der Waals surface area (Å²) in [7, 11) is 0. The maximum absolute atomic E-state index is 9.86. The van der Waals surface area contributed by atoms with Gasteiger partial charge in [-0.2, -0.15) is 0 Å². The van der Waals surface area contributed by atoms with E-state index in [4.69, 9.17) is 0 Å². The Morgan fingerprint density at radius 1 is 1.29 bits per heavy atom. The van der Waals surface area contributed by atoms with Crippen LogP contribution in [0.2, 0.25) is 0 Å². The number of benzene rings is 1. The first-order valence-corrected chi connectivity index (χ1v) is 6.21. The Morgan fingerprint density at radius 2 is 2.00 bits per heavy atom. The second-order valence-corrected chi connectivity index (χ2v) is 5.44. The number of nitrogens with zero attached hydrogens (tertiary/aromatic N) is 1. The monoisotopic (exact) mass is 231 g/mol. The minimum atomic E-state index is -0.644. The van der Waals surface area contributed by atoms with Crippen molar-refractivity contribution in [2.24, 2.45) is 0 Å². The third-order valence-electron chi connectivity index (χ3n) is 3.12. The van der Waals surface area contributed by atoms with Gasteiger partial charge in [-0.25, -0.2) is 0 Å². The lowest BCUT2D eigenvalue weighted by Crippen LogP contribution is -2.21. The fourth-order valence-corrected chi connectivity index (χ4v) is 2.39. The summed E-state index contributed by atoms with van der Waals surface area (Å²) in [5, 5.41) is 11.2. The van der Waals surface area contributed by atoms with E-state index in [1.54, 1.807) is 0 Å². The Balaban J connectivity index is 2.47. The van der Waals surface area contributed by atoms with Crippen molar-refractivity contribution in [2.75, 3.05) is 0 Å². The van der Waals surface area contributed by atoms with Gasteiger partial charge in [-0.1, -0.05) is 6.07 Å². The van der Waals surface area contributed by atoms with E-state index in [1.807, 2.05) is 13.8 Å². The molecule has 0 saturated heterocycles. The summed E-state index contributed by atoms with van der Waals surface area (Å²) < 4.78 is 2.26. The molecule has 0 aliphatic heterocycles. The summed E-state index contributed by atoms with van der Waals surface area (Å²) in [6, 6.07) is 6.48. The van der Waals surface area contributed by atoms with Gasteiger partial charge in [-0.15, -0.1) is 0 Å². The normalized spacial score (nSPS) is 12.3. The lowest BCUT2D eigenvalue weighted by Gasteiger charge is -2.17. The molecule has 0 aliphatic carbocycles. The van der Waals surface area contributed by atoms with Crippen LogP contribution in [0.4, 0.5) is 0 Å². The molecule has 17 heavy (non-hydrogen) atoms. The first-order valence-electron chi connectivity index (χ1n) is 6.21. The van der Waals surface area contributed by atoms with Crippen molar-refractivity contribution in [2.45, 2.75) is 46.3 Å². The highest BCUT2D eigenvalue weighted by Crippen LogP contribution is 2.24. The highest BCUT2D eigenvalue weighted by atomic mass is 16.3. The van der Waals surface area contributed by atoms with Crippen LogP contribution in [0.15, 0.2) is 24.4 Å². The number of rotatable bonds is 3. The average molecular weight is 231 g/mol. The van der Waals surface area contributed by atoms with Crippen molar-refractivity contribution < 1.29 is 5.11 Å². The third kappa shape index (κ3) is 2.52. The number of aliphatic hydroxyl groups is 1. The number of aromatic nitrogens is 1. The van der Waals surface area contributed by atoms with E-state index in [-0.39, 0.29) is 0 Å². The van der Waals surface area contributed by atoms with Gasteiger partial charge >= 0.3 is 0 Å². The van der Waals surface area contributed by atoms with Crippen molar-refractivity contribution >= 4 is 10.9 Å². The zero-order chi connectivity index (χ0) is 12.6. The van der Waals surface area contributed by atoms with Crippen LogP contribution in [-0.4, -0.2) is 15.3 Å². The van der Waals surface area contributed by atoms with Gasteiger partial charge in [0.2, 0.25) is 0 Å². The van der Waals surface area contributed by atoms with E-state index in [9.17, 15) is 5.11 Å². The van der Waals surface area contributed by atoms with Gasteiger partial charge in [0, 0.05) is 30.1 Å². The van der Waals surface area contributed by atoms with Gasteiger partial charge in [0.1, 0.15) is 0 Å². The topological polar surface area (TPSA) is 25.2 Å². The van der Waals surface area contributed by atoms with Gasteiger partial charge in [0.25, 0.3) is 0 Å². The average Bonchev–Trinajstić information content (AvgIpc) is 2.53. The smallest absolute Gasteiger partial charge is 0.0631 e. The Kier molecular flexibility index (Phi) is 3.00. The van der Waals surface area contributed by atoms with Crippen LogP contribution in [0.3, 0.4) is 0 Å². The number of fused-ring (bicyclic) bond motifs is 1. The molecule has 0 amide bonds. The van der Waals surface area contributed by atoms with Crippen molar-refractivity contribution in [3.05, 3.63) is 35.5 Å². The van der Waals surface area contributed by atoms with Crippen LogP contribution < -0.4 is 0 Å². The maximum atomic E-state index is 9.86. The molecule has 1 N–H and O–H groups in total. The second-order valence-electron chi connectivity index (χ2n) is 5.44. The first kappa shape index (κ1) is 12.2. The minimum Gasteiger partial charge on any atom is -0.390 e. The number of aryl methyl sites for hydroxylation is 2. The molecular weight excluding hydrogens is 210 g/mol. The summed E-state index contributed by atoms with van der Waals surface area (Å²) in [4.78, 5) is 0. The zero-order valence-corrected chi connectivity index (χ0v) is 11.1. The van der Waals surface area contributed by atoms with Crippen LogP contribution in [0.1, 0.15) is 31.9 Å².